The SMILES string of the molecule is Cn1c(-c2nc3cc(C(F)(F)F)ccc3n2C2CCC2)nc(C(=O)Nc2cnoc2)c(O)c1=O. The van der Waals surface area contributed by atoms with Crippen LogP contribution in [0.25, 0.3) is 22.7 Å². The van der Waals surface area contributed by atoms with Gasteiger partial charge in [0.25, 0.3) is 11.5 Å². The number of nitrogens with one attached hydrogen (secondary N) is 1. The van der Waals surface area contributed by atoms with Gasteiger partial charge in [-0.3, -0.25) is 14.2 Å². The Kier molecular flexibility index (Phi) is 4.92. The average molecular weight is 474 g/mol. The third-order valence-electron chi connectivity index (χ3n) is 5.83. The number of nitrogens with zero attached hydrogens (tertiary/aromatic N) is 5. The van der Waals surface area contributed by atoms with E-state index in [-0.39, 0.29) is 28.9 Å². The summed E-state index contributed by atoms with van der Waals surface area (Å²) in [5.74, 6) is -1.73. The van der Waals surface area contributed by atoms with Crippen molar-refractivity contribution in [1.29, 1.82) is 0 Å². The summed E-state index contributed by atoms with van der Waals surface area (Å²) >= 11 is 0. The summed E-state index contributed by atoms with van der Waals surface area (Å²) in [6, 6.07) is 3.19. The highest BCUT2D eigenvalue weighted by molar-refractivity contribution is 6.04. The summed E-state index contributed by atoms with van der Waals surface area (Å²) < 4.78 is 47.2. The third-order valence-corrected chi connectivity index (χ3v) is 5.83. The number of hydrogen-bond acceptors (Lipinski definition) is 7. The van der Waals surface area contributed by atoms with Crippen molar-refractivity contribution in [3.05, 3.63) is 52.3 Å². The maximum Gasteiger partial charge on any atom is 0.416 e. The summed E-state index contributed by atoms with van der Waals surface area (Å²) in [5, 5.41) is 16.2. The van der Waals surface area contributed by atoms with Crippen LogP contribution in [0.15, 0.2) is 40.0 Å². The number of alkyl halides is 3. The lowest BCUT2D eigenvalue weighted by Gasteiger charge is -2.29. The Balaban J connectivity index is 1.70. The molecule has 0 bridgehead atoms. The van der Waals surface area contributed by atoms with Gasteiger partial charge in [-0.25, -0.2) is 9.97 Å². The molecule has 5 rings (SSSR count). The number of hydrogen-bond donors (Lipinski definition) is 2. The molecule has 34 heavy (non-hydrogen) atoms. The smallest absolute Gasteiger partial charge is 0.416 e. The fourth-order valence-corrected chi connectivity index (χ4v) is 3.85. The molecule has 0 atom stereocenters. The molecule has 1 fully saturated rings. The lowest BCUT2D eigenvalue weighted by molar-refractivity contribution is -0.137. The van der Waals surface area contributed by atoms with Crippen LogP contribution >= 0.6 is 0 Å². The predicted molar refractivity (Wildman–Crippen MR) is 112 cm³/mol. The average Bonchev–Trinajstić information content (AvgIpc) is 3.38. The van der Waals surface area contributed by atoms with E-state index in [1.165, 1.54) is 19.3 Å². The zero-order valence-electron chi connectivity index (χ0n) is 17.6. The van der Waals surface area contributed by atoms with E-state index in [9.17, 15) is 27.9 Å². The molecule has 1 aliphatic carbocycles. The van der Waals surface area contributed by atoms with Crippen molar-refractivity contribution in [2.24, 2.45) is 7.05 Å². The molecule has 1 aliphatic rings. The van der Waals surface area contributed by atoms with Crippen molar-refractivity contribution >= 4 is 22.6 Å². The fraction of sp³-hybridized carbons (Fsp3) is 0.286. The molecule has 10 nitrogen and oxygen atoms in total. The van der Waals surface area contributed by atoms with Gasteiger partial charge in [-0.2, -0.15) is 13.2 Å². The standard InChI is InChI=1S/C21H17F3N6O4/c1-29-17(28-15(16(31)20(29)33)19(32)26-11-8-25-34-9-11)18-27-13-7-10(21(22,23)24)5-6-14(13)30(18)12-3-2-4-12/h5-9,12,31H,2-4H2,1H3,(H,26,32). The van der Waals surface area contributed by atoms with Crippen molar-refractivity contribution < 1.29 is 27.6 Å². The molecule has 2 N–H and O–H groups in total. The highest BCUT2D eigenvalue weighted by atomic mass is 19.4. The first-order valence-electron chi connectivity index (χ1n) is 10.3. The van der Waals surface area contributed by atoms with Crippen LogP contribution in [0.1, 0.15) is 41.4 Å². The summed E-state index contributed by atoms with van der Waals surface area (Å²) in [4.78, 5) is 34.0. The minimum Gasteiger partial charge on any atom is -0.501 e. The first kappa shape index (κ1) is 21.7. The largest absolute Gasteiger partial charge is 0.501 e. The number of halogens is 3. The lowest BCUT2D eigenvalue weighted by atomic mass is 9.92. The Morgan fingerprint density at radius 3 is 2.62 bits per heavy atom. The molecule has 1 aromatic carbocycles. The minimum atomic E-state index is -4.55. The van der Waals surface area contributed by atoms with Gasteiger partial charge in [-0.1, -0.05) is 5.16 Å². The number of carbonyl (C=O) groups excluding carboxylic acids is 1. The number of rotatable bonds is 4. The number of carbonyl (C=O) groups is 1. The maximum atomic E-state index is 13.3. The van der Waals surface area contributed by atoms with Gasteiger partial charge in [0.15, 0.2) is 17.3 Å². The Hall–Kier alpha value is -4.16. The van der Waals surface area contributed by atoms with Crippen molar-refractivity contribution in [2.45, 2.75) is 31.5 Å². The molecule has 0 unspecified atom stereocenters. The van der Waals surface area contributed by atoms with Crippen molar-refractivity contribution in [3.8, 4) is 17.4 Å². The second kappa shape index (κ2) is 7.71. The molecule has 0 aliphatic heterocycles. The maximum absolute atomic E-state index is 13.3. The number of aromatic nitrogens is 5. The van der Waals surface area contributed by atoms with Crippen LogP contribution < -0.4 is 10.9 Å². The van der Waals surface area contributed by atoms with Gasteiger partial charge in [-0.05, 0) is 37.5 Å². The quantitative estimate of drug-likeness (QED) is 0.463. The predicted octanol–water partition coefficient (Wildman–Crippen LogP) is 3.49. The van der Waals surface area contributed by atoms with Crippen LogP contribution in [-0.4, -0.2) is 35.3 Å². The van der Waals surface area contributed by atoms with E-state index < -0.39 is 34.6 Å². The second-order valence-corrected chi connectivity index (χ2v) is 7.96. The highest BCUT2D eigenvalue weighted by Gasteiger charge is 2.33. The Labute approximate surface area is 188 Å². The number of anilines is 1. The zero-order valence-corrected chi connectivity index (χ0v) is 17.6. The van der Waals surface area contributed by atoms with Crippen molar-refractivity contribution in [2.75, 3.05) is 5.32 Å². The summed E-state index contributed by atoms with van der Waals surface area (Å²) in [6.45, 7) is 0. The fourth-order valence-electron chi connectivity index (χ4n) is 3.85. The third kappa shape index (κ3) is 3.49. The molecule has 3 aromatic heterocycles. The van der Waals surface area contributed by atoms with Crippen molar-refractivity contribution in [3.63, 3.8) is 0 Å². The van der Waals surface area contributed by atoms with Gasteiger partial charge in [0.1, 0.15) is 12.0 Å². The summed E-state index contributed by atoms with van der Waals surface area (Å²) in [7, 11) is 1.33. The Morgan fingerprint density at radius 2 is 2.00 bits per heavy atom. The molecule has 0 radical (unpaired) electrons. The first-order valence-corrected chi connectivity index (χ1v) is 10.3. The number of aromatic hydroxyl groups is 1. The number of fused-ring (bicyclic) bond motifs is 1. The molecular formula is C21H17F3N6O4. The monoisotopic (exact) mass is 474 g/mol. The van der Waals surface area contributed by atoms with E-state index in [0.717, 1.165) is 42.2 Å². The topological polar surface area (TPSA) is 128 Å². The molecule has 1 amide bonds. The van der Waals surface area contributed by atoms with Gasteiger partial charge in [0.2, 0.25) is 5.75 Å². The van der Waals surface area contributed by atoms with Gasteiger partial charge >= 0.3 is 6.18 Å². The summed E-state index contributed by atoms with van der Waals surface area (Å²) in [6.07, 6.45) is 0.277. The van der Waals surface area contributed by atoms with E-state index in [4.69, 9.17) is 0 Å². The lowest BCUT2D eigenvalue weighted by Crippen LogP contribution is -2.27. The van der Waals surface area contributed by atoms with Gasteiger partial charge < -0.3 is 19.5 Å². The van der Waals surface area contributed by atoms with E-state index in [1.54, 1.807) is 4.57 Å². The van der Waals surface area contributed by atoms with Crippen LogP contribution in [-0.2, 0) is 13.2 Å². The van der Waals surface area contributed by atoms with E-state index >= 15 is 0 Å². The summed E-state index contributed by atoms with van der Waals surface area (Å²) in [5.41, 5.74) is -1.63. The van der Waals surface area contributed by atoms with Gasteiger partial charge in [-0.15, -0.1) is 0 Å². The highest BCUT2D eigenvalue weighted by Crippen LogP contribution is 2.39. The molecule has 0 spiro atoms. The minimum absolute atomic E-state index is 0.0586. The van der Waals surface area contributed by atoms with Crippen LogP contribution in [0.5, 0.6) is 5.75 Å². The molecule has 4 aromatic rings. The van der Waals surface area contributed by atoms with Crippen LogP contribution in [0.2, 0.25) is 0 Å². The molecule has 3 heterocycles. The van der Waals surface area contributed by atoms with Crippen LogP contribution in [0.4, 0.5) is 18.9 Å². The normalized spacial score (nSPS) is 14.4. The van der Waals surface area contributed by atoms with E-state index in [1.807, 2.05) is 0 Å². The Morgan fingerprint density at radius 1 is 1.24 bits per heavy atom. The zero-order chi connectivity index (χ0) is 24.2. The van der Waals surface area contributed by atoms with Crippen LogP contribution in [0, 0.1) is 0 Å². The molecule has 0 saturated heterocycles. The Bertz CT molecular complexity index is 1470. The molecule has 13 heteroatoms. The van der Waals surface area contributed by atoms with Gasteiger partial charge in [0.05, 0.1) is 22.8 Å². The van der Waals surface area contributed by atoms with E-state index in [0.29, 0.717) is 5.52 Å². The number of benzene rings is 1. The molecular weight excluding hydrogens is 457 g/mol. The van der Waals surface area contributed by atoms with Crippen molar-refractivity contribution in [1.82, 2.24) is 24.3 Å². The first-order chi connectivity index (χ1) is 16.1. The number of imidazole rings is 1. The van der Waals surface area contributed by atoms with E-state index in [2.05, 4.69) is 25.0 Å². The van der Waals surface area contributed by atoms with Crippen LogP contribution in [0.3, 0.4) is 0 Å². The number of amides is 1. The van der Waals surface area contributed by atoms with Gasteiger partial charge in [0, 0.05) is 13.1 Å². The molecule has 1 saturated carbocycles. The second-order valence-electron chi connectivity index (χ2n) is 7.96. The molecule has 176 valence electrons.